The van der Waals surface area contributed by atoms with Crippen LogP contribution in [-0.2, 0) is 24.8 Å². The number of rotatable bonds is 12. The average molecular weight is 601 g/mol. The van der Waals surface area contributed by atoms with Crippen molar-refractivity contribution < 1.29 is 14.3 Å². The fourth-order valence-corrected chi connectivity index (χ4v) is 6.38. The van der Waals surface area contributed by atoms with E-state index in [0.29, 0.717) is 38.4 Å². The summed E-state index contributed by atoms with van der Waals surface area (Å²) in [6.45, 7) is 8.05. The highest BCUT2D eigenvalue weighted by atomic mass is 16.5. The molecule has 2 aromatic heterocycles. The number of nitrogens with one attached hydrogen (secondary N) is 1. The summed E-state index contributed by atoms with van der Waals surface area (Å²) in [5.74, 6) is 0.571. The molecule has 0 fully saturated rings. The van der Waals surface area contributed by atoms with Gasteiger partial charge in [0.15, 0.2) is 0 Å². The first-order valence-electron chi connectivity index (χ1n) is 15.7. The van der Waals surface area contributed by atoms with Gasteiger partial charge in [-0.3, -0.25) is 4.68 Å². The van der Waals surface area contributed by atoms with Crippen LogP contribution in [0.15, 0.2) is 91.0 Å². The molecule has 0 bridgehead atoms. The number of hydrogen-bond donors (Lipinski definition) is 1. The third-order valence-electron chi connectivity index (χ3n) is 8.45. The van der Waals surface area contributed by atoms with E-state index in [1.54, 1.807) is 0 Å². The molecule has 45 heavy (non-hydrogen) atoms. The van der Waals surface area contributed by atoms with E-state index in [-0.39, 0.29) is 5.97 Å². The molecular formula is C38H40N4O3. The van der Waals surface area contributed by atoms with Gasteiger partial charge in [-0.1, -0.05) is 72.8 Å². The zero-order valence-corrected chi connectivity index (χ0v) is 26.5. The van der Waals surface area contributed by atoms with Gasteiger partial charge in [-0.05, 0) is 62.8 Å². The van der Waals surface area contributed by atoms with Gasteiger partial charge in [0, 0.05) is 53.4 Å². The Morgan fingerprint density at radius 1 is 0.889 bits per heavy atom. The van der Waals surface area contributed by atoms with Crippen LogP contribution < -0.4 is 10.1 Å². The van der Waals surface area contributed by atoms with Gasteiger partial charge in [0.1, 0.15) is 11.4 Å². The lowest BCUT2D eigenvalue weighted by atomic mass is 9.98. The number of esters is 1. The van der Waals surface area contributed by atoms with Crippen molar-refractivity contribution in [3.05, 3.63) is 114 Å². The number of anilines is 1. The molecule has 0 unspecified atom stereocenters. The predicted molar refractivity (Wildman–Crippen MR) is 182 cm³/mol. The second-order valence-corrected chi connectivity index (χ2v) is 11.3. The molecule has 0 aliphatic carbocycles. The summed E-state index contributed by atoms with van der Waals surface area (Å²) < 4.78 is 16.1. The monoisotopic (exact) mass is 600 g/mol. The maximum absolute atomic E-state index is 13.8. The van der Waals surface area contributed by atoms with Crippen molar-refractivity contribution >= 4 is 33.3 Å². The molecule has 0 saturated heterocycles. The lowest BCUT2D eigenvalue weighted by Gasteiger charge is -2.15. The van der Waals surface area contributed by atoms with E-state index >= 15 is 0 Å². The molecule has 0 spiro atoms. The number of aryl methyl sites for hydroxylation is 3. The van der Waals surface area contributed by atoms with Gasteiger partial charge >= 0.3 is 5.97 Å². The molecule has 2 heterocycles. The SMILES string of the molecule is CCOC(=O)c1c(CCCOc2cccc3ccccc23)c2cccc(-c3c(C)nn(C)c3C)c2n1CCNc1ccccc1. The minimum Gasteiger partial charge on any atom is -0.493 e. The second kappa shape index (κ2) is 13.3. The van der Waals surface area contributed by atoms with Crippen molar-refractivity contribution in [3.63, 3.8) is 0 Å². The Labute approximate surface area is 264 Å². The van der Waals surface area contributed by atoms with E-state index in [9.17, 15) is 4.79 Å². The summed E-state index contributed by atoms with van der Waals surface area (Å²) >= 11 is 0. The van der Waals surface area contributed by atoms with Crippen LogP contribution in [-0.4, -0.2) is 40.1 Å². The lowest BCUT2D eigenvalue weighted by Crippen LogP contribution is -2.18. The number of aromatic nitrogens is 3. The van der Waals surface area contributed by atoms with Gasteiger partial charge in [0.2, 0.25) is 0 Å². The van der Waals surface area contributed by atoms with Crippen LogP contribution in [0, 0.1) is 13.8 Å². The van der Waals surface area contributed by atoms with Crippen LogP contribution in [0.4, 0.5) is 5.69 Å². The fourth-order valence-electron chi connectivity index (χ4n) is 6.38. The van der Waals surface area contributed by atoms with Gasteiger partial charge < -0.3 is 19.4 Å². The van der Waals surface area contributed by atoms with Gasteiger partial charge in [-0.2, -0.15) is 5.10 Å². The van der Waals surface area contributed by atoms with Crippen molar-refractivity contribution in [2.45, 2.75) is 40.2 Å². The predicted octanol–water partition coefficient (Wildman–Crippen LogP) is 8.11. The first-order chi connectivity index (χ1) is 22.0. The van der Waals surface area contributed by atoms with E-state index in [4.69, 9.17) is 14.6 Å². The maximum atomic E-state index is 13.8. The summed E-state index contributed by atoms with van der Waals surface area (Å²) in [6, 6.07) is 30.9. The van der Waals surface area contributed by atoms with Crippen LogP contribution in [0.25, 0.3) is 32.8 Å². The normalized spacial score (nSPS) is 11.3. The van der Waals surface area contributed by atoms with Crippen LogP contribution >= 0.6 is 0 Å². The average Bonchev–Trinajstić information content (AvgIpc) is 3.51. The molecule has 1 N–H and O–H groups in total. The van der Waals surface area contributed by atoms with Crippen LogP contribution in [0.5, 0.6) is 5.75 Å². The summed E-state index contributed by atoms with van der Waals surface area (Å²) in [6.07, 6.45) is 1.41. The number of fused-ring (bicyclic) bond motifs is 2. The van der Waals surface area contributed by atoms with E-state index in [1.165, 1.54) is 0 Å². The third kappa shape index (κ3) is 6.03. The zero-order chi connectivity index (χ0) is 31.3. The number of carbonyl (C=O) groups excluding carboxylic acids is 1. The Morgan fingerprint density at radius 2 is 1.62 bits per heavy atom. The standard InChI is InChI=1S/C38H40N4O3/c1-5-44-38(43)37-32(21-13-25-45-34-22-11-15-28-14-9-10-18-30(28)34)31-19-12-20-33(35-26(2)40-41(4)27(35)3)36(31)42(37)24-23-39-29-16-7-6-8-17-29/h6-12,14-20,22,39H,5,13,21,23-25H2,1-4H3. The number of para-hydroxylation sites is 2. The van der Waals surface area contributed by atoms with Crippen LogP contribution in [0.2, 0.25) is 0 Å². The molecule has 4 aromatic carbocycles. The minimum absolute atomic E-state index is 0.302. The fraction of sp³-hybridized carbons (Fsp3) is 0.263. The highest BCUT2D eigenvalue weighted by Crippen LogP contribution is 2.38. The molecule has 0 aliphatic rings. The number of nitrogens with zero attached hydrogens (tertiary/aromatic N) is 3. The highest BCUT2D eigenvalue weighted by Gasteiger charge is 2.27. The number of benzene rings is 4. The zero-order valence-electron chi connectivity index (χ0n) is 26.5. The first kappa shape index (κ1) is 30.0. The van der Waals surface area contributed by atoms with Crippen LogP contribution in [0.3, 0.4) is 0 Å². The van der Waals surface area contributed by atoms with Crippen molar-refractivity contribution in [2.24, 2.45) is 7.05 Å². The number of ether oxygens (including phenoxy) is 2. The molecule has 7 nitrogen and oxygen atoms in total. The molecule has 0 amide bonds. The Kier molecular flexibility index (Phi) is 8.87. The Morgan fingerprint density at radius 3 is 2.40 bits per heavy atom. The first-order valence-corrected chi connectivity index (χ1v) is 15.7. The molecule has 0 radical (unpaired) electrons. The van der Waals surface area contributed by atoms with Crippen LogP contribution in [0.1, 0.15) is 40.8 Å². The molecule has 0 aliphatic heterocycles. The maximum Gasteiger partial charge on any atom is 0.355 e. The second-order valence-electron chi connectivity index (χ2n) is 11.3. The third-order valence-corrected chi connectivity index (χ3v) is 8.45. The van der Waals surface area contributed by atoms with Gasteiger partial charge in [-0.15, -0.1) is 0 Å². The summed E-state index contributed by atoms with van der Waals surface area (Å²) in [7, 11) is 1.97. The minimum atomic E-state index is -0.302. The van der Waals surface area contributed by atoms with Crippen molar-refractivity contribution in [1.29, 1.82) is 0 Å². The van der Waals surface area contributed by atoms with Gasteiger partial charge in [-0.25, -0.2) is 4.79 Å². The van der Waals surface area contributed by atoms with Crippen molar-refractivity contribution in [1.82, 2.24) is 14.3 Å². The van der Waals surface area contributed by atoms with E-state index in [2.05, 4.69) is 65.3 Å². The van der Waals surface area contributed by atoms with Crippen molar-refractivity contribution in [3.8, 4) is 16.9 Å². The highest BCUT2D eigenvalue weighted by molar-refractivity contribution is 6.05. The molecule has 7 heteroatoms. The summed E-state index contributed by atoms with van der Waals surface area (Å²) in [4.78, 5) is 13.8. The Bertz CT molecular complexity index is 1950. The molecule has 0 atom stereocenters. The summed E-state index contributed by atoms with van der Waals surface area (Å²) in [5.41, 5.74) is 7.87. The Balaban J connectivity index is 1.40. The lowest BCUT2D eigenvalue weighted by molar-refractivity contribution is 0.0513. The molecule has 6 rings (SSSR count). The van der Waals surface area contributed by atoms with Gasteiger partial charge in [0.25, 0.3) is 0 Å². The summed E-state index contributed by atoms with van der Waals surface area (Å²) in [5, 5.41) is 11.6. The topological polar surface area (TPSA) is 70.3 Å². The number of carbonyl (C=O) groups is 1. The Hall–Kier alpha value is -5.04. The molecular weight excluding hydrogens is 560 g/mol. The molecule has 6 aromatic rings. The van der Waals surface area contributed by atoms with E-state index < -0.39 is 0 Å². The molecule has 0 saturated carbocycles. The van der Waals surface area contributed by atoms with E-state index in [1.807, 2.05) is 68.0 Å². The largest absolute Gasteiger partial charge is 0.493 e. The van der Waals surface area contributed by atoms with Crippen molar-refractivity contribution in [2.75, 3.05) is 25.1 Å². The molecule has 230 valence electrons. The smallest absolute Gasteiger partial charge is 0.355 e. The quantitative estimate of drug-likeness (QED) is 0.114. The van der Waals surface area contributed by atoms with Gasteiger partial charge in [0.05, 0.1) is 24.4 Å². The number of hydrogen-bond acceptors (Lipinski definition) is 5. The van der Waals surface area contributed by atoms with E-state index in [0.717, 1.165) is 67.6 Å².